The zero-order valence-corrected chi connectivity index (χ0v) is 19.7. The molecular weight excluding hydrogens is 450 g/mol. The molecule has 0 spiro atoms. The topological polar surface area (TPSA) is 99.5 Å². The van der Waals surface area contributed by atoms with Gasteiger partial charge in [0.25, 0.3) is 0 Å². The van der Waals surface area contributed by atoms with Gasteiger partial charge < -0.3 is 9.40 Å². The van der Waals surface area contributed by atoms with Gasteiger partial charge in [0.1, 0.15) is 11.3 Å². The molecule has 1 aliphatic heterocycles. The van der Waals surface area contributed by atoms with Crippen LogP contribution in [-0.4, -0.2) is 48.1 Å². The van der Waals surface area contributed by atoms with Crippen LogP contribution in [0.4, 0.5) is 0 Å². The molecule has 0 aromatic carbocycles. The van der Waals surface area contributed by atoms with Crippen molar-refractivity contribution >= 4 is 21.9 Å². The van der Waals surface area contributed by atoms with Crippen LogP contribution < -0.4 is 0 Å². The van der Waals surface area contributed by atoms with E-state index in [-0.39, 0.29) is 0 Å². The first kappa shape index (κ1) is 21.0. The Labute approximate surface area is 207 Å². The van der Waals surface area contributed by atoms with E-state index >= 15 is 0 Å². The normalized spacial score (nSPS) is 14.7. The zero-order valence-electron chi connectivity index (χ0n) is 19.7. The van der Waals surface area contributed by atoms with Crippen molar-refractivity contribution in [1.29, 1.82) is 0 Å². The van der Waals surface area contributed by atoms with E-state index in [0.717, 1.165) is 75.3 Å². The fourth-order valence-corrected chi connectivity index (χ4v) is 5.19. The molecule has 0 bridgehead atoms. The van der Waals surface area contributed by atoms with Crippen molar-refractivity contribution in [3.05, 3.63) is 73.2 Å². The number of nitrogens with zero attached hydrogens (tertiary/aromatic N) is 5. The van der Waals surface area contributed by atoms with Crippen molar-refractivity contribution in [2.24, 2.45) is 0 Å². The lowest BCUT2D eigenvalue weighted by atomic mass is 10.1. The summed E-state index contributed by atoms with van der Waals surface area (Å²) in [4.78, 5) is 19.7. The van der Waals surface area contributed by atoms with Crippen molar-refractivity contribution in [3.8, 4) is 33.8 Å². The highest BCUT2D eigenvalue weighted by Crippen LogP contribution is 2.34. The number of fused-ring (bicyclic) bond motifs is 2. The van der Waals surface area contributed by atoms with Gasteiger partial charge in [-0.25, -0.2) is 4.98 Å². The molecule has 8 heteroatoms. The number of likely N-dealkylation sites (tertiary alicyclic amines) is 1. The van der Waals surface area contributed by atoms with Gasteiger partial charge in [-0.1, -0.05) is 6.42 Å². The second kappa shape index (κ2) is 8.73. The second-order valence-corrected chi connectivity index (χ2v) is 9.42. The van der Waals surface area contributed by atoms with Crippen molar-refractivity contribution < 1.29 is 4.42 Å². The highest BCUT2D eigenvalue weighted by atomic mass is 16.3. The molecule has 36 heavy (non-hydrogen) atoms. The van der Waals surface area contributed by atoms with Gasteiger partial charge in [-0.05, 0) is 67.4 Å². The van der Waals surface area contributed by atoms with Crippen LogP contribution in [0.2, 0.25) is 0 Å². The minimum Gasteiger partial charge on any atom is -0.472 e. The molecule has 8 nitrogen and oxygen atoms in total. The third-order valence-corrected chi connectivity index (χ3v) is 7.01. The second-order valence-electron chi connectivity index (χ2n) is 9.42. The predicted octanol–water partition coefficient (Wildman–Crippen LogP) is 5.81. The van der Waals surface area contributed by atoms with Crippen LogP contribution in [-0.2, 0) is 6.54 Å². The molecule has 178 valence electrons. The molecule has 0 atom stereocenters. The summed E-state index contributed by atoms with van der Waals surface area (Å²) in [5, 5.41) is 9.77. The lowest BCUT2D eigenvalue weighted by Gasteiger charge is -2.26. The van der Waals surface area contributed by atoms with Gasteiger partial charge in [-0.3, -0.25) is 20.0 Å². The molecule has 1 saturated heterocycles. The summed E-state index contributed by atoms with van der Waals surface area (Å²) < 4.78 is 5.30. The van der Waals surface area contributed by atoms with E-state index in [1.54, 1.807) is 18.7 Å². The molecule has 7 heterocycles. The number of pyridine rings is 3. The SMILES string of the molecule is c1cc(-c2ccoc2)c2cc(-c3n[nH]c4cnc(-c5cncc(CN6CCCCC6)c5)cc34)[nH]c2n1. The van der Waals surface area contributed by atoms with Gasteiger partial charge in [-0.15, -0.1) is 0 Å². The van der Waals surface area contributed by atoms with E-state index in [9.17, 15) is 0 Å². The first-order valence-electron chi connectivity index (χ1n) is 12.3. The van der Waals surface area contributed by atoms with E-state index in [1.807, 2.05) is 30.7 Å². The Morgan fingerprint density at radius 3 is 2.75 bits per heavy atom. The number of hydrogen-bond acceptors (Lipinski definition) is 6. The van der Waals surface area contributed by atoms with E-state index < -0.39 is 0 Å². The maximum absolute atomic E-state index is 5.30. The summed E-state index contributed by atoms with van der Waals surface area (Å²) >= 11 is 0. The highest BCUT2D eigenvalue weighted by molar-refractivity contribution is 6.00. The Kier molecular flexibility index (Phi) is 5.10. The van der Waals surface area contributed by atoms with Crippen LogP contribution in [0.15, 0.2) is 72.1 Å². The first-order valence-corrected chi connectivity index (χ1v) is 12.3. The predicted molar refractivity (Wildman–Crippen MR) is 139 cm³/mol. The molecule has 0 unspecified atom stereocenters. The number of hydrogen-bond donors (Lipinski definition) is 2. The summed E-state index contributed by atoms with van der Waals surface area (Å²) in [7, 11) is 0. The molecule has 2 N–H and O–H groups in total. The van der Waals surface area contributed by atoms with Gasteiger partial charge in [0.05, 0.1) is 35.6 Å². The summed E-state index contributed by atoms with van der Waals surface area (Å²) in [6, 6.07) is 10.3. The molecule has 6 aromatic heterocycles. The number of aromatic amines is 2. The quantitative estimate of drug-likeness (QED) is 0.326. The van der Waals surface area contributed by atoms with Gasteiger partial charge in [0.15, 0.2) is 0 Å². The number of nitrogens with one attached hydrogen (secondary N) is 2. The van der Waals surface area contributed by atoms with Gasteiger partial charge in [-0.2, -0.15) is 5.10 Å². The first-order chi connectivity index (χ1) is 17.8. The van der Waals surface area contributed by atoms with Crippen LogP contribution in [0.25, 0.3) is 55.7 Å². The summed E-state index contributed by atoms with van der Waals surface area (Å²) in [6.07, 6.45) is 14.8. The maximum Gasteiger partial charge on any atom is 0.138 e. The third kappa shape index (κ3) is 3.76. The lowest BCUT2D eigenvalue weighted by Crippen LogP contribution is -2.29. The van der Waals surface area contributed by atoms with Crippen molar-refractivity contribution in [2.45, 2.75) is 25.8 Å². The minimum absolute atomic E-state index is 0.809. The Hall–Kier alpha value is -4.30. The summed E-state index contributed by atoms with van der Waals surface area (Å²) in [5.41, 5.74) is 8.62. The van der Waals surface area contributed by atoms with E-state index in [2.05, 4.69) is 48.2 Å². The average Bonchev–Trinajstić information content (AvgIpc) is 3.68. The van der Waals surface area contributed by atoms with E-state index in [4.69, 9.17) is 9.40 Å². The maximum atomic E-state index is 5.30. The van der Waals surface area contributed by atoms with Crippen LogP contribution in [0.5, 0.6) is 0 Å². The smallest absolute Gasteiger partial charge is 0.138 e. The number of H-pyrrole nitrogens is 2. The van der Waals surface area contributed by atoms with Crippen LogP contribution in [0, 0.1) is 0 Å². The van der Waals surface area contributed by atoms with Gasteiger partial charge >= 0.3 is 0 Å². The van der Waals surface area contributed by atoms with Crippen LogP contribution >= 0.6 is 0 Å². The molecule has 0 aliphatic carbocycles. The molecule has 7 rings (SSSR count). The summed E-state index contributed by atoms with van der Waals surface area (Å²) in [6.45, 7) is 3.25. The number of rotatable bonds is 5. The largest absolute Gasteiger partial charge is 0.472 e. The zero-order chi connectivity index (χ0) is 23.9. The van der Waals surface area contributed by atoms with Crippen molar-refractivity contribution in [2.75, 3.05) is 13.1 Å². The number of furan rings is 1. The number of piperidine rings is 1. The molecule has 0 amide bonds. The molecular formula is C28H25N7O. The fraction of sp³-hybridized carbons (Fsp3) is 0.214. The Morgan fingerprint density at radius 2 is 1.86 bits per heavy atom. The third-order valence-electron chi connectivity index (χ3n) is 7.01. The standard InChI is InChI=1S/C28H25N7O/c1-2-7-35(8-3-1)16-18-10-20(14-29-13-18)24-12-23-26(15-31-24)33-34-27(23)25-11-22-21(19-5-9-36-17-19)4-6-30-28(22)32-25/h4-6,9-15,17H,1-3,7-8,16H2,(H,30,32)(H,33,34). The Bertz CT molecular complexity index is 1660. The highest BCUT2D eigenvalue weighted by Gasteiger charge is 2.16. The van der Waals surface area contributed by atoms with Crippen molar-refractivity contribution in [3.63, 3.8) is 0 Å². The Morgan fingerprint density at radius 1 is 0.917 bits per heavy atom. The minimum atomic E-state index is 0.809. The molecule has 0 radical (unpaired) electrons. The summed E-state index contributed by atoms with van der Waals surface area (Å²) in [5.74, 6) is 0. The van der Waals surface area contributed by atoms with Gasteiger partial charge in [0, 0.05) is 47.0 Å². The number of aromatic nitrogens is 6. The molecule has 6 aromatic rings. The lowest BCUT2D eigenvalue weighted by molar-refractivity contribution is 0.220. The van der Waals surface area contributed by atoms with E-state index in [1.165, 1.54) is 24.8 Å². The molecule has 1 aliphatic rings. The Balaban J connectivity index is 1.26. The molecule has 0 saturated carbocycles. The molecule has 1 fully saturated rings. The monoisotopic (exact) mass is 475 g/mol. The van der Waals surface area contributed by atoms with Crippen molar-refractivity contribution in [1.82, 2.24) is 35.0 Å². The van der Waals surface area contributed by atoms with Gasteiger partial charge in [0.2, 0.25) is 0 Å². The van der Waals surface area contributed by atoms with Crippen LogP contribution in [0.1, 0.15) is 24.8 Å². The fourth-order valence-electron chi connectivity index (χ4n) is 5.19. The van der Waals surface area contributed by atoms with E-state index in [0.29, 0.717) is 0 Å². The average molecular weight is 476 g/mol. The van der Waals surface area contributed by atoms with Crippen LogP contribution in [0.3, 0.4) is 0 Å².